The number of carbonyl (C=O) groups is 2. The molecule has 2 aliphatic heterocycles. The van der Waals surface area contributed by atoms with Crippen LogP contribution in [0, 0.1) is 68.3 Å². The second-order valence-corrected chi connectivity index (χ2v) is 20.7. The average molecular weight is 767 g/mol. The van der Waals surface area contributed by atoms with E-state index in [1.165, 1.54) is 44.7 Å². The van der Waals surface area contributed by atoms with Crippen molar-refractivity contribution in [3.63, 3.8) is 0 Å². The van der Waals surface area contributed by atoms with Crippen LogP contribution in [0.1, 0.15) is 118 Å². The standard InChI is InChI=1S/C45H64F2N2O6/c1-26-17-32(23-49(27(2)50)22-29-18-30(46)21-31(47)19-29)54-39-38(26)42(5)13-14-45-25-44(45)12-11-35(41(3,4)33(44)9-10-34(45)43(42,6)40(39)52)55-37-24-48(15-16-53-37)36(51)20-28-7-8-28/h18-19,21,26,28,32-35,37-40,52H,7-17,20,22-25H2,1-6H3/t26-,32?,33+,34+,35?,37+,38?,39?,40+,42-,43-,44?,45+/m1/s1. The van der Waals surface area contributed by atoms with Crippen molar-refractivity contribution in [2.45, 2.75) is 149 Å². The van der Waals surface area contributed by atoms with Crippen molar-refractivity contribution in [1.82, 2.24) is 9.80 Å². The summed E-state index contributed by atoms with van der Waals surface area (Å²) < 4.78 is 48.0. The number of benzene rings is 1. The van der Waals surface area contributed by atoms with Gasteiger partial charge in [-0.05, 0) is 133 Å². The van der Waals surface area contributed by atoms with Crippen molar-refractivity contribution in [3.8, 4) is 0 Å². The number of carbonyl (C=O) groups excluding carboxylic acids is 2. The van der Waals surface area contributed by atoms with E-state index in [4.69, 9.17) is 14.2 Å². The quantitative estimate of drug-likeness (QED) is 0.295. The molecule has 13 atom stereocenters. The number of halogens is 2. The molecule has 304 valence electrons. The van der Waals surface area contributed by atoms with Gasteiger partial charge in [0.1, 0.15) is 11.6 Å². The Hall–Kier alpha value is -2.14. The van der Waals surface area contributed by atoms with E-state index in [1.807, 2.05) is 4.90 Å². The molecule has 9 rings (SSSR count). The summed E-state index contributed by atoms with van der Waals surface area (Å²) in [4.78, 5) is 29.4. The van der Waals surface area contributed by atoms with Crippen molar-refractivity contribution in [2.24, 2.45) is 56.7 Å². The number of hydrogen-bond acceptors (Lipinski definition) is 6. The molecule has 2 saturated heterocycles. The van der Waals surface area contributed by atoms with Crippen molar-refractivity contribution in [1.29, 1.82) is 0 Å². The van der Waals surface area contributed by atoms with Gasteiger partial charge in [0.25, 0.3) is 0 Å². The molecule has 0 bridgehead atoms. The van der Waals surface area contributed by atoms with E-state index >= 15 is 0 Å². The van der Waals surface area contributed by atoms with Crippen molar-refractivity contribution in [3.05, 3.63) is 35.4 Å². The third-order valence-electron chi connectivity index (χ3n) is 17.8. The first-order valence-electron chi connectivity index (χ1n) is 21.6. The van der Waals surface area contributed by atoms with Crippen LogP contribution in [0.5, 0.6) is 0 Å². The summed E-state index contributed by atoms with van der Waals surface area (Å²) in [6.45, 7) is 15.6. The van der Waals surface area contributed by atoms with Gasteiger partial charge in [0.15, 0.2) is 6.29 Å². The summed E-state index contributed by atoms with van der Waals surface area (Å²) in [5, 5.41) is 12.7. The van der Waals surface area contributed by atoms with Gasteiger partial charge in [0.2, 0.25) is 11.8 Å². The van der Waals surface area contributed by atoms with Crippen LogP contribution >= 0.6 is 0 Å². The van der Waals surface area contributed by atoms with E-state index in [0.29, 0.717) is 56.0 Å². The lowest BCUT2D eigenvalue weighted by atomic mass is 9.41. The summed E-state index contributed by atoms with van der Waals surface area (Å²) in [5.41, 5.74) is 0.456. The fourth-order valence-electron chi connectivity index (χ4n) is 15.0. The number of aliphatic hydroxyl groups excluding tert-OH is 1. The number of aliphatic hydroxyl groups is 1. The molecule has 6 aliphatic carbocycles. The molecular weight excluding hydrogens is 702 g/mol. The maximum absolute atomic E-state index is 14.0. The molecule has 5 unspecified atom stereocenters. The molecule has 2 heterocycles. The number of fused-ring (bicyclic) bond motifs is 4. The SMILES string of the molecule is CC(=O)N(Cc1cc(F)cc(F)c1)CC1C[C@@H](C)C2C(O1)[C@H](O)[C@@]1(C)[C@@H]3CC[C@H]4C(C)(C)C(O[C@H]5CN(C(=O)CC6CC6)CCO5)CCC45C[C@@]35CC[C@]21C. The van der Waals surface area contributed by atoms with Crippen molar-refractivity contribution >= 4 is 11.8 Å². The first-order valence-corrected chi connectivity index (χ1v) is 21.6. The number of hydrogen-bond donors (Lipinski definition) is 1. The Morgan fingerprint density at radius 3 is 2.40 bits per heavy atom. The molecule has 55 heavy (non-hydrogen) atoms. The molecule has 0 aromatic heterocycles. The van der Waals surface area contributed by atoms with Crippen LogP contribution in [0.3, 0.4) is 0 Å². The first-order chi connectivity index (χ1) is 26.0. The largest absolute Gasteiger partial charge is 0.390 e. The number of nitrogens with zero attached hydrogens (tertiary/aromatic N) is 2. The smallest absolute Gasteiger partial charge is 0.223 e. The lowest BCUT2D eigenvalue weighted by Gasteiger charge is -2.64. The highest BCUT2D eigenvalue weighted by Crippen LogP contribution is 2.89. The summed E-state index contributed by atoms with van der Waals surface area (Å²) in [5.74, 6) is 0.772. The van der Waals surface area contributed by atoms with E-state index < -0.39 is 17.7 Å². The molecule has 2 amide bonds. The predicted molar refractivity (Wildman–Crippen MR) is 202 cm³/mol. The summed E-state index contributed by atoms with van der Waals surface area (Å²) in [6, 6.07) is 3.40. The normalized spacial score (nSPS) is 45.4. The zero-order chi connectivity index (χ0) is 38.9. The Bertz CT molecular complexity index is 1680. The minimum Gasteiger partial charge on any atom is -0.390 e. The van der Waals surface area contributed by atoms with E-state index in [0.717, 1.165) is 44.6 Å². The van der Waals surface area contributed by atoms with Crippen LogP contribution in [-0.2, 0) is 30.3 Å². The van der Waals surface area contributed by atoms with Crippen molar-refractivity contribution < 1.29 is 37.7 Å². The molecule has 8 aliphatic rings. The number of morpholine rings is 1. The molecule has 1 aromatic carbocycles. The Kier molecular flexibility index (Phi) is 9.20. The fourth-order valence-corrected chi connectivity index (χ4v) is 15.0. The fraction of sp³-hybridized carbons (Fsp3) is 0.822. The number of amides is 2. The monoisotopic (exact) mass is 766 g/mol. The van der Waals surface area contributed by atoms with Crippen LogP contribution < -0.4 is 0 Å². The zero-order valence-corrected chi connectivity index (χ0v) is 34.0. The van der Waals surface area contributed by atoms with Gasteiger partial charge < -0.3 is 29.1 Å². The van der Waals surface area contributed by atoms with Crippen LogP contribution in [0.4, 0.5) is 8.78 Å². The maximum Gasteiger partial charge on any atom is 0.223 e. The number of rotatable bonds is 8. The number of ether oxygens (including phenoxy) is 3. The summed E-state index contributed by atoms with van der Waals surface area (Å²) in [7, 11) is 0. The highest BCUT2D eigenvalue weighted by atomic mass is 19.1. The molecule has 8 nitrogen and oxygen atoms in total. The van der Waals surface area contributed by atoms with Gasteiger partial charge in [0, 0.05) is 44.5 Å². The van der Waals surface area contributed by atoms with E-state index in [9.17, 15) is 23.5 Å². The molecule has 2 spiro atoms. The molecular formula is C45H64F2N2O6. The third kappa shape index (κ3) is 5.82. The lowest BCUT2D eigenvalue weighted by molar-refractivity contribution is -0.248. The molecule has 8 fully saturated rings. The van der Waals surface area contributed by atoms with Gasteiger partial charge in [-0.3, -0.25) is 9.59 Å². The summed E-state index contributed by atoms with van der Waals surface area (Å²) in [6.07, 6.45) is 10.1. The second-order valence-electron chi connectivity index (χ2n) is 20.7. The molecule has 1 N–H and O–H groups in total. The predicted octanol–water partition coefficient (Wildman–Crippen LogP) is 7.50. The first kappa shape index (κ1) is 38.4. The van der Waals surface area contributed by atoms with E-state index in [2.05, 4.69) is 34.6 Å². The Labute approximate surface area is 326 Å². The van der Waals surface area contributed by atoms with Gasteiger partial charge in [-0.1, -0.05) is 34.6 Å². The Morgan fingerprint density at radius 1 is 0.982 bits per heavy atom. The van der Waals surface area contributed by atoms with Crippen molar-refractivity contribution in [2.75, 3.05) is 26.2 Å². The Balaban J connectivity index is 0.904. The minimum atomic E-state index is -0.658. The highest BCUT2D eigenvalue weighted by Gasteiger charge is 2.84. The van der Waals surface area contributed by atoms with E-state index in [1.54, 1.807) is 4.90 Å². The van der Waals surface area contributed by atoms with Gasteiger partial charge in [0.05, 0.1) is 37.6 Å². The van der Waals surface area contributed by atoms with E-state index in [-0.39, 0.29) is 81.9 Å². The van der Waals surface area contributed by atoms with Gasteiger partial charge in [-0.25, -0.2) is 8.78 Å². The molecule has 6 saturated carbocycles. The van der Waals surface area contributed by atoms with Gasteiger partial charge in [-0.15, -0.1) is 0 Å². The lowest BCUT2D eigenvalue weighted by Crippen LogP contribution is -2.60. The topological polar surface area (TPSA) is 88.5 Å². The third-order valence-corrected chi connectivity index (χ3v) is 17.8. The average Bonchev–Trinajstić information content (AvgIpc) is 4.04. The molecule has 10 heteroatoms. The zero-order valence-electron chi connectivity index (χ0n) is 34.0. The van der Waals surface area contributed by atoms with Crippen LogP contribution in [0.2, 0.25) is 0 Å². The highest BCUT2D eigenvalue weighted by molar-refractivity contribution is 5.76. The van der Waals surface area contributed by atoms with Crippen LogP contribution in [0.15, 0.2) is 18.2 Å². The van der Waals surface area contributed by atoms with Crippen LogP contribution in [-0.4, -0.2) is 83.7 Å². The van der Waals surface area contributed by atoms with Crippen LogP contribution in [0.25, 0.3) is 0 Å². The molecule has 0 radical (unpaired) electrons. The second kappa shape index (κ2) is 13.2. The Morgan fingerprint density at radius 2 is 1.69 bits per heavy atom. The van der Waals surface area contributed by atoms with Gasteiger partial charge >= 0.3 is 0 Å². The minimum absolute atomic E-state index is 0.0367. The molecule has 1 aromatic rings. The maximum atomic E-state index is 14.0. The summed E-state index contributed by atoms with van der Waals surface area (Å²) >= 11 is 0. The van der Waals surface area contributed by atoms with Gasteiger partial charge in [-0.2, -0.15) is 0 Å².